The lowest BCUT2D eigenvalue weighted by atomic mass is 9.78. The molecule has 0 saturated carbocycles. The molecule has 2 unspecified atom stereocenters. The summed E-state index contributed by atoms with van der Waals surface area (Å²) in [7, 11) is 1.87. The highest BCUT2D eigenvalue weighted by Gasteiger charge is 2.24. The molecule has 1 heterocycles. The Hall–Kier alpha value is -0.540. The maximum absolute atomic E-state index is 10.2. The van der Waals surface area contributed by atoms with Gasteiger partial charge in [-0.1, -0.05) is 39.3 Å². The highest BCUT2D eigenvalue weighted by atomic mass is 35.5. The molecule has 2 atom stereocenters. The molecule has 0 aliphatic rings. The van der Waals surface area contributed by atoms with E-state index in [-0.39, 0.29) is 11.5 Å². The van der Waals surface area contributed by atoms with Gasteiger partial charge in [0.15, 0.2) is 0 Å². The predicted octanol–water partition coefficient (Wildman–Crippen LogP) is 3.36. The fourth-order valence-corrected chi connectivity index (χ4v) is 2.21. The van der Waals surface area contributed by atoms with Gasteiger partial charge in [0.25, 0.3) is 0 Å². The van der Waals surface area contributed by atoms with E-state index in [0.29, 0.717) is 17.4 Å². The molecule has 0 aliphatic heterocycles. The summed E-state index contributed by atoms with van der Waals surface area (Å²) in [6.45, 7) is 10.7. The Morgan fingerprint density at radius 3 is 2.33 bits per heavy atom. The molecule has 104 valence electrons. The van der Waals surface area contributed by atoms with E-state index in [1.165, 1.54) is 0 Å². The summed E-state index contributed by atoms with van der Waals surface area (Å²) in [5, 5.41) is 15.1. The highest BCUT2D eigenvalue weighted by molar-refractivity contribution is 6.31. The van der Waals surface area contributed by atoms with E-state index in [1.54, 1.807) is 4.68 Å². The van der Waals surface area contributed by atoms with E-state index in [2.05, 4.69) is 32.8 Å². The van der Waals surface area contributed by atoms with Crippen molar-refractivity contribution in [2.45, 2.75) is 53.6 Å². The Balaban J connectivity index is 2.68. The second-order valence-corrected chi connectivity index (χ2v) is 6.71. The molecule has 4 heteroatoms. The van der Waals surface area contributed by atoms with Gasteiger partial charge in [0.05, 0.1) is 22.5 Å². The average molecular weight is 273 g/mol. The van der Waals surface area contributed by atoms with Crippen molar-refractivity contribution in [3.8, 4) is 0 Å². The summed E-state index contributed by atoms with van der Waals surface area (Å²) in [4.78, 5) is 0. The number of aliphatic hydroxyl groups excluding tert-OH is 1. The van der Waals surface area contributed by atoms with Gasteiger partial charge in [-0.05, 0) is 24.7 Å². The molecule has 1 N–H and O–H groups in total. The smallest absolute Gasteiger partial charge is 0.0847 e. The van der Waals surface area contributed by atoms with Crippen molar-refractivity contribution in [1.82, 2.24) is 9.78 Å². The fraction of sp³-hybridized carbons (Fsp3) is 0.786. The Kier molecular flexibility index (Phi) is 4.84. The molecule has 0 amide bonds. The minimum absolute atomic E-state index is 0.215. The number of hydrogen-bond donors (Lipinski definition) is 1. The number of rotatable bonds is 4. The van der Waals surface area contributed by atoms with E-state index >= 15 is 0 Å². The lowest BCUT2D eigenvalue weighted by Crippen LogP contribution is -2.24. The molecule has 0 aromatic carbocycles. The Morgan fingerprint density at radius 1 is 1.39 bits per heavy atom. The summed E-state index contributed by atoms with van der Waals surface area (Å²) in [5.41, 5.74) is 1.96. The molecule has 0 spiro atoms. The quantitative estimate of drug-likeness (QED) is 0.913. The normalized spacial score (nSPS) is 15.8. The summed E-state index contributed by atoms with van der Waals surface area (Å²) >= 11 is 6.19. The lowest BCUT2D eigenvalue weighted by Gasteiger charge is -2.29. The van der Waals surface area contributed by atoms with Gasteiger partial charge in [0, 0.05) is 13.5 Å². The lowest BCUT2D eigenvalue weighted by molar-refractivity contribution is 0.109. The van der Waals surface area contributed by atoms with Crippen molar-refractivity contribution < 1.29 is 5.11 Å². The van der Waals surface area contributed by atoms with Crippen LogP contribution in [0.5, 0.6) is 0 Å². The van der Waals surface area contributed by atoms with Gasteiger partial charge in [-0.2, -0.15) is 5.10 Å². The van der Waals surface area contributed by atoms with Crippen molar-refractivity contribution in [2.75, 3.05) is 0 Å². The van der Waals surface area contributed by atoms with Crippen LogP contribution in [0, 0.1) is 18.3 Å². The Bertz CT molecular complexity index is 407. The predicted molar refractivity (Wildman–Crippen MR) is 75.9 cm³/mol. The van der Waals surface area contributed by atoms with E-state index in [0.717, 1.165) is 17.8 Å². The van der Waals surface area contributed by atoms with Crippen molar-refractivity contribution in [2.24, 2.45) is 18.4 Å². The molecular formula is C14H25ClN2O. The molecule has 0 bridgehead atoms. The van der Waals surface area contributed by atoms with Crippen LogP contribution in [0.2, 0.25) is 5.02 Å². The van der Waals surface area contributed by atoms with Crippen LogP contribution in [-0.2, 0) is 13.5 Å². The third-order valence-electron chi connectivity index (χ3n) is 3.79. The number of aliphatic hydroxyl groups is 1. The van der Waals surface area contributed by atoms with E-state index < -0.39 is 0 Å². The molecule has 1 rings (SSSR count). The summed E-state index contributed by atoms with van der Waals surface area (Å²) in [6, 6.07) is 0. The van der Waals surface area contributed by atoms with Gasteiger partial charge in [-0.15, -0.1) is 0 Å². The molecular weight excluding hydrogens is 248 g/mol. The molecule has 3 nitrogen and oxygen atoms in total. The first-order chi connectivity index (χ1) is 8.12. The second kappa shape index (κ2) is 5.62. The zero-order valence-electron chi connectivity index (χ0n) is 12.3. The standard InChI is InChI=1S/C14H25ClN2O/c1-9(14(3,4)5)7-11(18)8-12-13(15)10(2)16-17(12)6/h9,11,18H,7-8H2,1-6H3. The van der Waals surface area contributed by atoms with Crippen LogP contribution in [-0.4, -0.2) is 21.0 Å². The van der Waals surface area contributed by atoms with Gasteiger partial charge in [-0.25, -0.2) is 0 Å². The second-order valence-electron chi connectivity index (χ2n) is 6.33. The maximum atomic E-state index is 10.2. The summed E-state index contributed by atoms with van der Waals surface area (Å²) in [5.74, 6) is 0.459. The number of nitrogens with zero attached hydrogens (tertiary/aromatic N) is 2. The largest absolute Gasteiger partial charge is 0.393 e. The van der Waals surface area contributed by atoms with Crippen LogP contribution in [0.4, 0.5) is 0 Å². The molecule has 0 radical (unpaired) electrons. The number of halogens is 1. The highest BCUT2D eigenvalue weighted by Crippen LogP contribution is 2.30. The number of aryl methyl sites for hydroxylation is 2. The minimum atomic E-state index is -0.369. The Morgan fingerprint density at radius 2 is 1.94 bits per heavy atom. The monoisotopic (exact) mass is 272 g/mol. The van der Waals surface area contributed by atoms with Crippen LogP contribution < -0.4 is 0 Å². The zero-order valence-corrected chi connectivity index (χ0v) is 13.0. The van der Waals surface area contributed by atoms with Gasteiger partial charge in [0.2, 0.25) is 0 Å². The summed E-state index contributed by atoms with van der Waals surface area (Å²) in [6.07, 6.45) is 0.979. The first-order valence-corrected chi connectivity index (χ1v) is 6.86. The third kappa shape index (κ3) is 3.72. The van der Waals surface area contributed by atoms with Crippen molar-refractivity contribution in [1.29, 1.82) is 0 Å². The molecule has 18 heavy (non-hydrogen) atoms. The van der Waals surface area contributed by atoms with E-state index in [1.807, 2.05) is 14.0 Å². The van der Waals surface area contributed by atoms with Crippen molar-refractivity contribution in [3.05, 3.63) is 16.4 Å². The van der Waals surface area contributed by atoms with Crippen molar-refractivity contribution in [3.63, 3.8) is 0 Å². The van der Waals surface area contributed by atoms with Crippen LogP contribution in [0.15, 0.2) is 0 Å². The zero-order chi connectivity index (χ0) is 14.1. The molecule has 1 aromatic rings. The van der Waals surface area contributed by atoms with Crippen LogP contribution in [0.3, 0.4) is 0 Å². The first kappa shape index (κ1) is 15.5. The van der Waals surface area contributed by atoms with Crippen LogP contribution >= 0.6 is 11.6 Å². The Labute approximate surface area is 115 Å². The molecule has 0 aliphatic carbocycles. The SMILES string of the molecule is Cc1nn(C)c(CC(O)CC(C)C(C)(C)C)c1Cl. The average Bonchev–Trinajstić information content (AvgIpc) is 2.43. The topological polar surface area (TPSA) is 38.0 Å². The maximum Gasteiger partial charge on any atom is 0.0847 e. The first-order valence-electron chi connectivity index (χ1n) is 6.49. The minimum Gasteiger partial charge on any atom is -0.393 e. The van der Waals surface area contributed by atoms with Gasteiger partial charge < -0.3 is 5.11 Å². The fourth-order valence-electron chi connectivity index (χ4n) is 1.97. The van der Waals surface area contributed by atoms with Crippen LogP contribution in [0.25, 0.3) is 0 Å². The molecule has 1 aromatic heterocycles. The van der Waals surface area contributed by atoms with Gasteiger partial charge in [0.1, 0.15) is 0 Å². The van der Waals surface area contributed by atoms with E-state index in [4.69, 9.17) is 11.6 Å². The van der Waals surface area contributed by atoms with Crippen molar-refractivity contribution >= 4 is 11.6 Å². The van der Waals surface area contributed by atoms with E-state index in [9.17, 15) is 5.11 Å². The molecule has 0 fully saturated rings. The third-order valence-corrected chi connectivity index (χ3v) is 4.29. The number of hydrogen-bond acceptors (Lipinski definition) is 2. The van der Waals surface area contributed by atoms with Gasteiger partial charge >= 0.3 is 0 Å². The van der Waals surface area contributed by atoms with Gasteiger partial charge in [-0.3, -0.25) is 4.68 Å². The summed E-state index contributed by atoms with van der Waals surface area (Å²) < 4.78 is 1.77. The molecule has 0 saturated heterocycles. The number of aromatic nitrogens is 2. The van der Waals surface area contributed by atoms with Crippen LogP contribution in [0.1, 0.15) is 45.5 Å².